The summed E-state index contributed by atoms with van der Waals surface area (Å²) in [5.74, 6) is -1.48. The van der Waals surface area contributed by atoms with E-state index in [1.54, 1.807) is 0 Å². The number of benzene rings is 2. The van der Waals surface area contributed by atoms with Crippen LogP contribution in [0.5, 0.6) is 0 Å². The summed E-state index contributed by atoms with van der Waals surface area (Å²) in [6.45, 7) is -0.389. The van der Waals surface area contributed by atoms with E-state index >= 15 is 0 Å². The molecule has 0 aliphatic carbocycles. The first-order valence-corrected chi connectivity index (χ1v) is 8.33. The number of halogens is 5. The first-order valence-electron chi connectivity index (χ1n) is 7.95. The standard InChI is InChI=1S/C18H16ClF4N3O2/c1-26(9-16(27)24-12-4-2-11(20)3-5-12)10-17(28)25-13-6-7-15(19)14(8-13)18(21,22)23/h2-8H,9-10H2,1H3,(H,24,27)(H,25,28). The number of nitrogens with zero attached hydrogens (tertiary/aromatic N) is 1. The summed E-state index contributed by atoms with van der Waals surface area (Å²) in [4.78, 5) is 25.3. The Bertz CT molecular complexity index is 857. The zero-order valence-electron chi connectivity index (χ0n) is 14.6. The fourth-order valence-electron chi connectivity index (χ4n) is 2.30. The van der Waals surface area contributed by atoms with Crippen molar-refractivity contribution in [3.8, 4) is 0 Å². The van der Waals surface area contributed by atoms with E-state index in [1.165, 1.54) is 42.3 Å². The molecule has 0 aliphatic rings. The van der Waals surface area contributed by atoms with E-state index in [2.05, 4.69) is 10.6 Å². The van der Waals surface area contributed by atoms with Gasteiger partial charge < -0.3 is 10.6 Å². The zero-order valence-corrected chi connectivity index (χ0v) is 15.4. The zero-order chi connectivity index (χ0) is 20.9. The highest BCUT2D eigenvalue weighted by molar-refractivity contribution is 6.31. The average molecular weight is 418 g/mol. The van der Waals surface area contributed by atoms with Crippen LogP contribution in [0.15, 0.2) is 42.5 Å². The van der Waals surface area contributed by atoms with E-state index in [0.717, 1.165) is 12.1 Å². The minimum absolute atomic E-state index is 0.0640. The van der Waals surface area contributed by atoms with Crippen LogP contribution in [0.1, 0.15) is 5.56 Å². The van der Waals surface area contributed by atoms with Crippen molar-refractivity contribution >= 4 is 34.8 Å². The molecule has 0 saturated carbocycles. The fraction of sp³-hybridized carbons (Fsp3) is 0.222. The molecule has 2 N–H and O–H groups in total. The molecule has 0 spiro atoms. The molecule has 0 bridgehead atoms. The van der Waals surface area contributed by atoms with Crippen LogP contribution in [0, 0.1) is 5.82 Å². The van der Waals surface area contributed by atoms with Gasteiger partial charge >= 0.3 is 6.18 Å². The molecule has 0 saturated heterocycles. The summed E-state index contributed by atoms with van der Waals surface area (Å²) in [6, 6.07) is 8.18. The number of carbonyl (C=O) groups is 2. The Kier molecular flexibility index (Phi) is 6.98. The Labute approximate surface area is 163 Å². The van der Waals surface area contributed by atoms with Crippen LogP contribution >= 0.6 is 11.6 Å². The van der Waals surface area contributed by atoms with Crippen molar-refractivity contribution in [2.24, 2.45) is 0 Å². The van der Waals surface area contributed by atoms with Crippen LogP contribution in [0.3, 0.4) is 0 Å². The van der Waals surface area contributed by atoms with Gasteiger partial charge in [-0.15, -0.1) is 0 Å². The first kappa shape index (κ1) is 21.6. The maximum Gasteiger partial charge on any atom is 0.417 e. The number of hydrogen-bond donors (Lipinski definition) is 2. The van der Waals surface area contributed by atoms with Gasteiger partial charge in [0.05, 0.1) is 23.7 Å². The summed E-state index contributed by atoms with van der Waals surface area (Å²) in [5.41, 5.74) is -0.727. The highest BCUT2D eigenvalue weighted by Crippen LogP contribution is 2.36. The molecular weight excluding hydrogens is 402 g/mol. The quantitative estimate of drug-likeness (QED) is 0.698. The van der Waals surface area contributed by atoms with E-state index < -0.39 is 34.4 Å². The minimum Gasteiger partial charge on any atom is -0.325 e. The van der Waals surface area contributed by atoms with Gasteiger partial charge in [-0.1, -0.05) is 11.6 Å². The summed E-state index contributed by atoms with van der Waals surface area (Å²) >= 11 is 5.53. The van der Waals surface area contributed by atoms with Crippen molar-refractivity contribution < 1.29 is 27.2 Å². The third-order valence-corrected chi connectivity index (χ3v) is 3.84. The lowest BCUT2D eigenvalue weighted by atomic mass is 10.2. The second-order valence-corrected chi connectivity index (χ2v) is 6.38. The van der Waals surface area contributed by atoms with Crippen molar-refractivity contribution in [2.45, 2.75) is 6.18 Å². The van der Waals surface area contributed by atoms with Gasteiger partial charge in [0.2, 0.25) is 11.8 Å². The highest BCUT2D eigenvalue weighted by Gasteiger charge is 2.33. The third-order valence-electron chi connectivity index (χ3n) is 3.51. The molecular formula is C18H16ClF4N3O2. The van der Waals surface area contributed by atoms with Gasteiger partial charge in [0, 0.05) is 11.4 Å². The SMILES string of the molecule is CN(CC(=O)Nc1ccc(F)cc1)CC(=O)Nc1ccc(Cl)c(C(F)(F)F)c1. The molecule has 2 aromatic rings. The van der Waals surface area contributed by atoms with Crippen molar-refractivity contribution in [3.63, 3.8) is 0 Å². The number of amides is 2. The smallest absolute Gasteiger partial charge is 0.325 e. The fourth-order valence-corrected chi connectivity index (χ4v) is 2.53. The molecule has 2 aromatic carbocycles. The van der Waals surface area contributed by atoms with Gasteiger partial charge in [0.1, 0.15) is 5.82 Å². The van der Waals surface area contributed by atoms with Crippen molar-refractivity contribution in [1.82, 2.24) is 4.90 Å². The second kappa shape index (κ2) is 9.03. The van der Waals surface area contributed by atoms with Crippen LogP contribution in [-0.2, 0) is 15.8 Å². The molecule has 2 amide bonds. The topological polar surface area (TPSA) is 61.4 Å². The molecule has 0 aromatic heterocycles. The molecule has 0 fully saturated rings. The van der Waals surface area contributed by atoms with Crippen LogP contribution in [0.2, 0.25) is 5.02 Å². The van der Waals surface area contributed by atoms with E-state index in [4.69, 9.17) is 11.6 Å². The largest absolute Gasteiger partial charge is 0.417 e. The molecule has 0 radical (unpaired) electrons. The average Bonchev–Trinajstić information content (AvgIpc) is 2.57. The highest BCUT2D eigenvalue weighted by atomic mass is 35.5. The lowest BCUT2D eigenvalue weighted by Crippen LogP contribution is -2.36. The lowest BCUT2D eigenvalue weighted by molar-refractivity contribution is -0.137. The van der Waals surface area contributed by atoms with Gasteiger partial charge in [0.15, 0.2) is 0 Å². The van der Waals surface area contributed by atoms with E-state index in [-0.39, 0.29) is 18.8 Å². The Morgan fingerprint density at radius 2 is 1.46 bits per heavy atom. The maximum atomic E-state index is 12.9. The van der Waals surface area contributed by atoms with Gasteiger partial charge in [0.25, 0.3) is 0 Å². The Balaban J connectivity index is 1.88. The van der Waals surface area contributed by atoms with Crippen LogP contribution < -0.4 is 10.6 Å². The lowest BCUT2D eigenvalue weighted by Gasteiger charge is -2.17. The Morgan fingerprint density at radius 3 is 2.00 bits per heavy atom. The molecule has 0 heterocycles. The van der Waals surface area contributed by atoms with Crippen molar-refractivity contribution in [2.75, 3.05) is 30.8 Å². The summed E-state index contributed by atoms with van der Waals surface area (Å²) < 4.78 is 51.4. The molecule has 10 heteroatoms. The number of rotatable bonds is 6. The van der Waals surface area contributed by atoms with Crippen LogP contribution in [-0.4, -0.2) is 36.9 Å². The normalized spacial score (nSPS) is 11.4. The van der Waals surface area contributed by atoms with E-state index in [0.29, 0.717) is 5.69 Å². The van der Waals surface area contributed by atoms with Crippen molar-refractivity contribution in [1.29, 1.82) is 0 Å². The predicted molar refractivity (Wildman–Crippen MR) is 97.6 cm³/mol. The molecule has 0 atom stereocenters. The first-order chi connectivity index (χ1) is 13.0. The van der Waals surface area contributed by atoms with Gasteiger partial charge in [-0.05, 0) is 49.5 Å². The maximum absolute atomic E-state index is 12.9. The summed E-state index contributed by atoms with van der Waals surface area (Å²) in [5, 5.41) is 4.39. The second-order valence-electron chi connectivity index (χ2n) is 5.97. The van der Waals surface area contributed by atoms with Crippen LogP contribution in [0.25, 0.3) is 0 Å². The molecule has 2 rings (SSSR count). The van der Waals surface area contributed by atoms with Gasteiger partial charge in [-0.2, -0.15) is 13.2 Å². The van der Waals surface area contributed by atoms with E-state index in [1.807, 2.05) is 0 Å². The number of anilines is 2. The minimum atomic E-state index is -4.65. The molecule has 28 heavy (non-hydrogen) atoms. The molecule has 5 nitrogen and oxygen atoms in total. The number of alkyl halides is 3. The third kappa shape index (κ3) is 6.50. The molecule has 0 unspecified atom stereocenters. The molecule has 150 valence electrons. The monoisotopic (exact) mass is 417 g/mol. The number of carbonyl (C=O) groups excluding carboxylic acids is 2. The van der Waals surface area contributed by atoms with Crippen molar-refractivity contribution in [3.05, 3.63) is 58.9 Å². The Morgan fingerprint density at radius 1 is 0.964 bits per heavy atom. The van der Waals surface area contributed by atoms with Gasteiger partial charge in [-0.25, -0.2) is 4.39 Å². The number of hydrogen-bond acceptors (Lipinski definition) is 3. The Hall–Kier alpha value is -2.65. The van der Waals surface area contributed by atoms with Crippen LogP contribution in [0.4, 0.5) is 28.9 Å². The summed E-state index contributed by atoms with van der Waals surface area (Å²) in [7, 11) is 1.49. The number of nitrogens with one attached hydrogen (secondary N) is 2. The number of likely N-dealkylation sites (N-methyl/N-ethyl adjacent to an activating group) is 1. The predicted octanol–water partition coefficient (Wildman–Crippen LogP) is 4.01. The summed E-state index contributed by atoms with van der Waals surface area (Å²) in [6.07, 6.45) is -4.65. The van der Waals surface area contributed by atoms with E-state index in [9.17, 15) is 27.2 Å². The van der Waals surface area contributed by atoms with Gasteiger partial charge in [-0.3, -0.25) is 14.5 Å². The molecule has 0 aliphatic heterocycles.